The lowest BCUT2D eigenvalue weighted by Crippen LogP contribution is -2.28. The quantitative estimate of drug-likeness (QED) is 0.855. The zero-order chi connectivity index (χ0) is 13.2. The molecular weight excluding hydrogens is 262 g/mol. The van der Waals surface area contributed by atoms with E-state index >= 15 is 0 Å². The highest BCUT2D eigenvalue weighted by molar-refractivity contribution is 6.32. The smallest absolute Gasteiger partial charge is 0.407 e. The Balaban J connectivity index is 3.14. The number of hydrogen-bond acceptors (Lipinski definition) is 2. The van der Waals surface area contributed by atoms with Crippen LogP contribution in [0.15, 0.2) is 12.1 Å². The molecule has 0 heterocycles. The van der Waals surface area contributed by atoms with Crippen molar-refractivity contribution in [1.29, 1.82) is 0 Å². The Hall–Kier alpha value is -1.01. The maximum atomic E-state index is 13.4. The second-order valence-electron chi connectivity index (χ2n) is 3.27. The van der Waals surface area contributed by atoms with Crippen molar-refractivity contribution in [3.63, 3.8) is 0 Å². The third kappa shape index (κ3) is 3.23. The molecular formula is C10H10ClF4NO. The van der Waals surface area contributed by atoms with Crippen LogP contribution >= 0.6 is 11.6 Å². The summed E-state index contributed by atoms with van der Waals surface area (Å²) in [6.45, 7) is 1.76. The first kappa shape index (κ1) is 14.1. The first-order valence-electron chi connectivity index (χ1n) is 4.71. The van der Waals surface area contributed by atoms with E-state index < -0.39 is 23.6 Å². The van der Waals surface area contributed by atoms with Gasteiger partial charge < -0.3 is 10.5 Å². The number of hydrogen-bond donors (Lipinski definition) is 1. The van der Waals surface area contributed by atoms with Gasteiger partial charge in [0.1, 0.15) is 6.04 Å². The number of halogens is 5. The minimum atomic E-state index is -4.65. The SMILES string of the molecule is CCOc1c(F)cc([C@@H](N)C(F)(F)F)cc1Cl. The molecule has 0 aliphatic rings. The van der Waals surface area contributed by atoms with Crippen LogP contribution in [-0.2, 0) is 0 Å². The minimum Gasteiger partial charge on any atom is -0.489 e. The molecule has 0 aliphatic heterocycles. The molecule has 0 aromatic heterocycles. The van der Waals surface area contributed by atoms with Gasteiger partial charge in [0.2, 0.25) is 0 Å². The molecule has 0 saturated carbocycles. The van der Waals surface area contributed by atoms with Crippen LogP contribution in [0.25, 0.3) is 0 Å². The molecule has 0 aliphatic carbocycles. The summed E-state index contributed by atoms with van der Waals surface area (Å²) in [5.41, 5.74) is 4.50. The maximum absolute atomic E-state index is 13.4. The summed E-state index contributed by atoms with van der Waals surface area (Å²) in [6, 6.07) is -0.645. The highest BCUT2D eigenvalue weighted by atomic mass is 35.5. The van der Waals surface area contributed by atoms with Crippen molar-refractivity contribution in [1.82, 2.24) is 0 Å². The zero-order valence-electron chi connectivity index (χ0n) is 8.81. The van der Waals surface area contributed by atoms with Crippen LogP contribution in [0.5, 0.6) is 5.75 Å². The first-order chi connectivity index (χ1) is 7.77. The van der Waals surface area contributed by atoms with Crippen molar-refractivity contribution in [3.8, 4) is 5.75 Å². The number of benzene rings is 1. The Labute approximate surface area is 100 Å². The molecule has 17 heavy (non-hydrogen) atoms. The summed E-state index contributed by atoms with van der Waals surface area (Å²) in [6.07, 6.45) is -4.65. The lowest BCUT2D eigenvalue weighted by molar-refractivity contribution is -0.149. The number of nitrogens with two attached hydrogens (primary N) is 1. The van der Waals surface area contributed by atoms with Gasteiger partial charge >= 0.3 is 6.18 Å². The Kier molecular flexibility index (Phi) is 4.21. The lowest BCUT2D eigenvalue weighted by atomic mass is 10.1. The fraction of sp³-hybridized carbons (Fsp3) is 0.400. The van der Waals surface area contributed by atoms with E-state index in [9.17, 15) is 17.6 Å². The van der Waals surface area contributed by atoms with Gasteiger partial charge in [0.05, 0.1) is 11.6 Å². The third-order valence-electron chi connectivity index (χ3n) is 2.02. The van der Waals surface area contributed by atoms with Crippen LogP contribution in [0.1, 0.15) is 18.5 Å². The monoisotopic (exact) mass is 271 g/mol. The van der Waals surface area contributed by atoms with Crippen LogP contribution in [-0.4, -0.2) is 12.8 Å². The van der Waals surface area contributed by atoms with Crippen LogP contribution in [0.4, 0.5) is 17.6 Å². The Morgan fingerprint density at radius 1 is 1.41 bits per heavy atom. The summed E-state index contributed by atoms with van der Waals surface area (Å²) in [7, 11) is 0. The Morgan fingerprint density at radius 2 is 2.00 bits per heavy atom. The van der Waals surface area contributed by atoms with Crippen LogP contribution < -0.4 is 10.5 Å². The molecule has 1 rings (SSSR count). The minimum absolute atomic E-state index is 0.154. The predicted molar refractivity (Wildman–Crippen MR) is 55.6 cm³/mol. The van der Waals surface area contributed by atoms with E-state index in [0.717, 1.165) is 6.07 Å². The van der Waals surface area contributed by atoms with Gasteiger partial charge in [0.25, 0.3) is 0 Å². The van der Waals surface area contributed by atoms with Crippen molar-refractivity contribution in [2.75, 3.05) is 6.61 Å². The van der Waals surface area contributed by atoms with Crippen LogP contribution in [0.3, 0.4) is 0 Å². The molecule has 96 valence electrons. The highest BCUT2D eigenvalue weighted by Crippen LogP contribution is 2.36. The van der Waals surface area contributed by atoms with Crippen LogP contribution in [0, 0.1) is 5.82 Å². The first-order valence-corrected chi connectivity index (χ1v) is 5.09. The summed E-state index contributed by atoms with van der Waals surface area (Å²) in [5, 5.41) is -0.235. The standard InChI is InChI=1S/C10H10ClF4NO/c1-2-17-8-6(11)3-5(4-7(8)12)9(16)10(13,14)15/h3-4,9H,2,16H2,1H3/t9-/m1/s1. The van der Waals surface area contributed by atoms with Gasteiger partial charge in [-0.3, -0.25) is 0 Å². The van der Waals surface area contributed by atoms with E-state index in [-0.39, 0.29) is 17.4 Å². The summed E-state index contributed by atoms with van der Waals surface area (Å²) >= 11 is 5.62. The van der Waals surface area contributed by atoms with E-state index in [0.29, 0.717) is 6.07 Å². The fourth-order valence-corrected chi connectivity index (χ4v) is 1.50. The number of ether oxygens (including phenoxy) is 1. The molecule has 7 heteroatoms. The Bertz CT molecular complexity index is 385. The molecule has 1 aromatic rings. The molecule has 0 radical (unpaired) electrons. The predicted octanol–water partition coefficient (Wildman–Crippen LogP) is 3.44. The van der Waals surface area contributed by atoms with Crippen molar-refractivity contribution >= 4 is 11.6 Å². The van der Waals surface area contributed by atoms with Crippen molar-refractivity contribution in [2.45, 2.75) is 19.1 Å². The van der Waals surface area contributed by atoms with E-state index in [1.807, 2.05) is 0 Å². The topological polar surface area (TPSA) is 35.2 Å². The zero-order valence-corrected chi connectivity index (χ0v) is 9.57. The molecule has 2 nitrogen and oxygen atoms in total. The molecule has 0 spiro atoms. The molecule has 0 saturated heterocycles. The van der Waals surface area contributed by atoms with Crippen molar-refractivity contribution in [3.05, 3.63) is 28.5 Å². The van der Waals surface area contributed by atoms with Crippen molar-refractivity contribution < 1.29 is 22.3 Å². The molecule has 1 atom stereocenters. The summed E-state index contributed by atoms with van der Waals surface area (Å²) < 4.78 is 55.2. The average molecular weight is 272 g/mol. The summed E-state index contributed by atoms with van der Waals surface area (Å²) in [5.74, 6) is -1.23. The normalized spacial score (nSPS) is 13.6. The molecule has 0 fully saturated rings. The largest absolute Gasteiger partial charge is 0.489 e. The van der Waals surface area contributed by atoms with Crippen molar-refractivity contribution in [2.24, 2.45) is 5.73 Å². The molecule has 0 unspecified atom stereocenters. The highest BCUT2D eigenvalue weighted by Gasteiger charge is 2.38. The lowest BCUT2D eigenvalue weighted by Gasteiger charge is -2.17. The maximum Gasteiger partial charge on any atom is 0.407 e. The van der Waals surface area contributed by atoms with E-state index in [4.69, 9.17) is 22.1 Å². The second-order valence-corrected chi connectivity index (χ2v) is 3.67. The van der Waals surface area contributed by atoms with Gasteiger partial charge in [0.15, 0.2) is 11.6 Å². The van der Waals surface area contributed by atoms with Gasteiger partial charge in [-0.05, 0) is 24.6 Å². The third-order valence-corrected chi connectivity index (χ3v) is 2.30. The number of rotatable bonds is 3. The van der Waals surface area contributed by atoms with E-state index in [1.165, 1.54) is 0 Å². The Morgan fingerprint density at radius 3 is 2.41 bits per heavy atom. The average Bonchev–Trinajstić information content (AvgIpc) is 2.20. The van der Waals surface area contributed by atoms with Gasteiger partial charge in [-0.25, -0.2) is 4.39 Å². The summed E-state index contributed by atoms with van der Waals surface area (Å²) in [4.78, 5) is 0. The van der Waals surface area contributed by atoms with E-state index in [1.54, 1.807) is 6.92 Å². The molecule has 0 amide bonds. The van der Waals surface area contributed by atoms with Gasteiger partial charge in [-0.1, -0.05) is 11.6 Å². The number of alkyl halides is 3. The van der Waals surface area contributed by atoms with E-state index in [2.05, 4.69) is 0 Å². The fourth-order valence-electron chi connectivity index (χ4n) is 1.23. The van der Waals surface area contributed by atoms with Gasteiger partial charge in [0, 0.05) is 0 Å². The van der Waals surface area contributed by atoms with Gasteiger partial charge in [-0.15, -0.1) is 0 Å². The molecule has 0 bridgehead atoms. The van der Waals surface area contributed by atoms with Gasteiger partial charge in [-0.2, -0.15) is 13.2 Å². The molecule has 2 N–H and O–H groups in total. The second kappa shape index (κ2) is 5.10. The molecule has 1 aromatic carbocycles. The van der Waals surface area contributed by atoms with Crippen LogP contribution in [0.2, 0.25) is 5.02 Å².